The van der Waals surface area contributed by atoms with Gasteiger partial charge in [-0.2, -0.15) is 0 Å². The van der Waals surface area contributed by atoms with Crippen molar-refractivity contribution in [3.63, 3.8) is 0 Å². The topological polar surface area (TPSA) is 73.9 Å². The lowest BCUT2D eigenvalue weighted by Crippen LogP contribution is -2.31. The minimum Gasteiger partial charge on any atom is -0.336 e. The van der Waals surface area contributed by atoms with Crippen LogP contribution in [-0.2, 0) is 6.42 Å². The summed E-state index contributed by atoms with van der Waals surface area (Å²) in [4.78, 5) is 18.3. The number of aromatic amines is 1. The Bertz CT molecular complexity index is 403. The van der Waals surface area contributed by atoms with E-state index >= 15 is 0 Å². The number of aromatic nitrogens is 3. The fourth-order valence-corrected chi connectivity index (χ4v) is 2.35. The summed E-state index contributed by atoms with van der Waals surface area (Å²) < 4.78 is 0. The summed E-state index contributed by atoms with van der Waals surface area (Å²) >= 11 is 0. The average Bonchev–Trinajstić information content (AvgIpc) is 2.98. The Morgan fingerprint density at radius 3 is 3.17 bits per heavy atom. The fourth-order valence-electron chi connectivity index (χ4n) is 2.35. The lowest BCUT2D eigenvalue weighted by atomic mass is 10.1. The zero-order chi connectivity index (χ0) is 13.0. The fraction of sp³-hybridized carbons (Fsp3) is 0.750. The molecular weight excluding hydrogens is 230 g/mol. The van der Waals surface area contributed by atoms with Crippen molar-refractivity contribution in [1.29, 1.82) is 0 Å². The Morgan fingerprint density at radius 1 is 1.61 bits per heavy atom. The van der Waals surface area contributed by atoms with E-state index < -0.39 is 0 Å². The van der Waals surface area contributed by atoms with E-state index in [0.29, 0.717) is 11.7 Å². The third-order valence-electron chi connectivity index (χ3n) is 3.28. The molecule has 1 fully saturated rings. The van der Waals surface area contributed by atoms with Crippen LogP contribution in [-0.4, -0.2) is 52.7 Å². The molecule has 1 aliphatic rings. The zero-order valence-electron chi connectivity index (χ0n) is 11.1. The first-order valence-corrected chi connectivity index (χ1v) is 6.59. The predicted molar refractivity (Wildman–Crippen MR) is 68.3 cm³/mol. The molecule has 0 spiro atoms. The van der Waals surface area contributed by atoms with Crippen LogP contribution in [0.3, 0.4) is 0 Å². The SMILES string of the molecule is CCCc1nc(C(=O)N2CCC(CNC)C2)n[nH]1. The summed E-state index contributed by atoms with van der Waals surface area (Å²) in [6.07, 6.45) is 2.89. The molecule has 2 heterocycles. The number of carbonyl (C=O) groups is 1. The summed E-state index contributed by atoms with van der Waals surface area (Å²) in [5.41, 5.74) is 0. The first-order valence-electron chi connectivity index (χ1n) is 6.59. The van der Waals surface area contributed by atoms with Crippen molar-refractivity contribution < 1.29 is 4.79 Å². The van der Waals surface area contributed by atoms with Crippen LogP contribution in [0, 0.1) is 5.92 Å². The van der Waals surface area contributed by atoms with Crippen molar-refractivity contribution in [1.82, 2.24) is 25.4 Å². The molecule has 18 heavy (non-hydrogen) atoms. The summed E-state index contributed by atoms with van der Waals surface area (Å²) in [6.45, 7) is 4.64. The molecule has 100 valence electrons. The van der Waals surface area contributed by atoms with Gasteiger partial charge in [0.1, 0.15) is 5.82 Å². The summed E-state index contributed by atoms with van der Waals surface area (Å²) in [5, 5.41) is 9.99. The third-order valence-corrected chi connectivity index (χ3v) is 3.28. The molecule has 0 aliphatic carbocycles. The van der Waals surface area contributed by atoms with Crippen LogP contribution in [0.2, 0.25) is 0 Å². The molecule has 2 N–H and O–H groups in total. The van der Waals surface area contributed by atoms with Gasteiger partial charge in [-0.15, -0.1) is 5.10 Å². The van der Waals surface area contributed by atoms with Crippen LogP contribution in [0.4, 0.5) is 0 Å². The van der Waals surface area contributed by atoms with Gasteiger partial charge in [-0.25, -0.2) is 4.98 Å². The highest BCUT2D eigenvalue weighted by molar-refractivity contribution is 5.90. The van der Waals surface area contributed by atoms with Crippen molar-refractivity contribution in [2.45, 2.75) is 26.2 Å². The standard InChI is InChI=1S/C12H21N5O/c1-3-4-10-14-11(16-15-10)12(18)17-6-5-9(8-17)7-13-2/h9,13H,3-8H2,1-2H3,(H,14,15,16). The zero-order valence-corrected chi connectivity index (χ0v) is 11.1. The lowest BCUT2D eigenvalue weighted by molar-refractivity contribution is 0.0775. The Balaban J connectivity index is 1.94. The molecule has 1 atom stereocenters. The Labute approximate surface area is 107 Å². The molecule has 0 saturated carbocycles. The van der Waals surface area contributed by atoms with Crippen LogP contribution < -0.4 is 5.32 Å². The first kappa shape index (κ1) is 13.0. The largest absolute Gasteiger partial charge is 0.336 e. The number of nitrogens with one attached hydrogen (secondary N) is 2. The molecule has 1 aromatic heterocycles. The van der Waals surface area contributed by atoms with E-state index in [2.05, 4.69) is 27.4 Å². The number of H-pyrrole nitrogens is 1. The highest BCUT2D eigenvalue weighted by atomic mass is 16.2. The normalized spacial score (nSPS) is 19.4. The molecule has 6 nitrogen and oxygen atoms in total. The smallest absolute Gasteiger partial charge is 0.293 e. The number of likely N-dealkylation sites (tertiary alicyclic amines) is 1. The number of nitrogens with zero attached hydrogens (tertiary/aromatic N) is 3. The van der Waals surface area contributed by atoms with Crippen molar-refractivity contribution in [3.8, 4) is 0 Å². The predicted octanol–water partition coefficient (Wildman–Crippen LogP) is 0.439. The minimum absolute atomic E-state index is 0.0489. The van der Waals surface area contributed by atoms with E-state index in [1.54, 1.807) is 0 Å². The van der Waals surface area contributed by atoms with Gasteiger partial charge in [0.2, 0.25) is 5.82 Å². The molecule has 0 aromatic carbocycles. The highest BCUT2D eigenvalue weighted by Crippen LogP contribution is 2.17. The maximum atomic E-state index is 12.2. The molecule has 1 saturated heterocycles. The van der Waals surface area contributed by atoms with Crippen molar-refractivity contribution in [3.05, 3.63) is 11.6 Å². The van der Waals surface area contributed by atoms with Crippen LogP contribution in [0.15, 0.2) is 0 Å². The Hall–Kier alpha value is -1.43. The molecule has 0 bridgehead atoms. The molecule has 2 rings (SSSR count). The van der Waals surface area contributed by atoms with Gasteiger partial charge in [0.05, 0.1) is 0 Å². The van der Waals surface area contributed by atoms with Gasteiger partial charge >= 0.3 is 0 Å². The van der Waals surface area contributed by atoms with Crippen LogP contribution in [0.5, 0.6) is 0 Å². The van der Waals surface area contributed by atoms with Crippen LogP contribution >= 0.6 is 0 Å². The van der Waals surface area contributed by atoms with Gasteiger partial charge in [-0.05, 0) is 32.4 Å². The van der Waals surface area contributed by atoms with Gasteiger partial charge in [0.25, 0.3) is 5.91 Å². The number of aryl methyl sites for hydroxylation is 1. The van der Waals surface area contributed by atoms with E-state index in [0.717, 1.165) is 44.7 Å². The Kier molecular flexibility index (Phi) is 4.30. The second kappa shape index (κ2) is 5.95. The van der Waals surface area contributed by atoms with E-state index in [-0.39, 0.29) is 5.91 Å². The third kappa shape index (κ3) is 2.87. The van der Waals surface area contributed by atoms with Crippen LogP contribution in [0.1, 0.15) is 36.2 Å². The van der Waals surface area contributed by atoms with Crippen LogP contribution in [0.25, 0.3) is 0 Å². The van der Waals surface area contributed by atoms with Gasteiger partial charge in [-0.3, -0.25) is 9.89 Å². The molecule has 6 heteroatoms. The van der Waals surface area contributed by atoms with E-state index in [9.17, 15) is 4.79 Å². The number of amides is 1. The minimum atomic E-state index is -0.0489. The van der Waals surface area contributed by atoms with E-state index in [4.69, 9.17) is 0 Å². The number of rotatable bonds is 5. The molecule has 1 aliphatic heterocycles. The summed E-state index contributed by atoms with van der Waals surface area (Å²) in [5.74, 6) is 1.61. The quantitative estimate of drug-likeness (QED) is 0.796. The van der Waals surface area contributed by atoms with Crippen molar-refractivity contribution in [2.75, 3.05) is 26.7 Å². The molecular formula is C12H21N5O. The van der Waals surface area contributed by atoms with Gasteiger partial charge in [0.15, 0.2) is 0 Å². The van der Waals surface area contributed by atoms with Gasteiger partial charge in [0, 0.05) is 19.5 Å². The lowest BCUT2D eigenvalue weighted by Gasteiger charge is -2.14. The molecule has 1 aromatic rings. The van der Waals surface area contributed by atoms with Gasteiger partial charge in [-0.1, -0.05) is 6.92 Å². The second-order valence-electron chi connectivity index (χ2n) is 4.82. The summed E-state index contributed by atoms with van der Waals surface area (Å²) in [7, 11) is 1.94. The molecule has 1 unspecified atom stereocenters. The maximum Gasteiger partial charge on any atom is 0.293 e. The number of hydrogen-bond donors (Lipinski definition) is 2. The first-order chi connectivity index (χ1) is 8.74. The number of hydrogen-bond acceptors (Lipinski definition) is 4. The highest BCUT2D eigenvalue weighted by Gasteiger charge is 2.28. The summed E-state index contributed by atoms with van der Waals surface area (Å²) in [6, 6.07) is 0. The van der Waals surface area contributed by atoms with E-state index in [1.165, 1.54) is 0 Å². The maximum absolute atomic E-state index is 12.2. The second-order valence-corrected chi connectivity index (χ2v) is 4.82. The van der Waals surface area contributed by atoms with E-state index in [1.807, 2.05) is 11.9 Å². The Morgan fingerprint density at radius 2 is 2.44 bits per heavy atom. The monoisotopic (exact) mass is 251 g/mol. The molecule has 0 radical (unpaired) electrons. The number of carbonyl (C=O) groups excluding carboxylic acids is 1. The van der Waals surface area contributed by atoms with Crippen molar-refractivity contribution >= 4 is 5.91 Å². The average molecular weight is 251 g/mol. The molecule has 1 amide bonds. The van der Waals surface area contributed by atoms with Crippen molar-refractivity contribution in [2.24, 2.45) is 5.92 Å². The van der Waals surface area contributed by atoms with Gasteiger partial charge < -0.3 is 10.2 Å².